The molecule has 6 heteroatoms. The lowest BCUT2D eigenvalue weighted by molar-refractivity contribution is 0.0710. The number of benzene rings is 1. The average molecular weight is 293 g/mol. The zero-order chi connectivity index (χ0) is 14.9. The Labute approximate surface area is 127 Å². The van der Waals surface area contributed by atoms with Gasteiger partial charge in [-0.15, -0.1) is 0 Å². The maximum absolute atomic E-state index is 12.6. The molecule has 2 aromatic heterocycles. The van der Waals surface area contributed by atoms with Crippen LogP contribution in [-0.4, -0.2) is 37.3 Å². The first-order chi connectivity index (χ1) is 10.8. The third kappa shape index (κ3) is 2.09. The fraction of sp³-hybridized carbons (Fsp3) is 0.188. The summed E-state index contributed by atoms with van der Waals surface area (Å²) in [6.07, 6.45) is 4.95. The Hall–Kier alpha value is -2.89. The monoisotopic (exact) mass is 293 g/mol. The van der Waals surface area contributed by atoms with Gasteiger partial charge in [0.2, 0.25) is 0 Å². The van der Waals surface area contributed by atoms with E-state index in [4.69, 9.17) is 0 Å². The minimum atomic E-state index is -0.0915. The van der Waals surface area contributed by atoms with Crippen molar-refractivity contribution in [3.05, 3.63) is 71.8 Å². The van der Waals surface area contributed by atoms with E-state index >= 15 is 0 Å². The number of H-pyrrole nitrogens is 2. The SMILES string of the molecule is O=C(c1ncc[nH]1)N1Cc2[nH]cnc2C(c2ccccc2)C1. The van der Waals surface area contributed by atoms with Gasteiger partial charge in [0.15, 0.2) is 5.82 Å². The van der Waals surface area contributed by atoms with E-state index in [0.29, 0.717) is 18.9 Å². The summed E-state index contributed by atoms with van der Waals surface area (Å²) in [4.78, 5) is 28.9. The van der Waals surface area contributed by atoms with Gasteiger partial charge >= 0.3 is 0 Å². The number of aromatic nitrogens is 4. The predicted molar refractivity (Wildman–Crippen MR) is 80.2 cm³/mol. The first-order valence-corrected chi connectivity index (χ1v) is 7.18. The molecule has 3 aromatic rings. The molecule has 1 aliphatic rings. The Bertz CT molecular complexity index is 778. The van der Waals surface area contributed by atoms with Crippen LogP contribution in [0, 0.1) is 0 Å². The molecule has 110 valence electrons. The summed E-state index contributed by atoms with van der Waals surface area (Å²) < 4.78 is 0. The first-order valence-electron chi connectivity index (χ1n) is 7.18. The van der Waals surface area contributed by atoms with Crippen molar-refractivity contribution in [1.82, 2.24) is 24.8 Å². The second kappa shape index (κ2) is 5.14. The largest absolute Gasteiger partial charge is 0.347 e. The summed E-state index contributed by atoms with van der Waals surface area (Å²) in [6.45, 7) is 1.12. The summed E-state index contributed by atoms with van der Waals surface area (Å²) in [5.74, 6) is 0.357. The number of carbonyl (C=O) groups is 1. The molecule has 1 unspecified atom stereocenters. The molecule has 0 bridgehead atoms. The first kappa shape index (κ1) is 12.8. The normalized spacial score (nSPS) is 17.3. The van der Waals surface area contributed by atoms with Gasteiger partial charge < -0.3 is 14.9 Å². The van der Waals surface area contributed by atoms with E-state index in [1.807, 2.05) is 18.2 Å². The van der Waals surface area contributed by atoms with Gasteiger partial charge in [-0.1, -0.05) is 30.3 Å². The topological polar surface area (TPSA) is 77.7 Å². The van der Waals surface area contributed by atoms with E-state index in [-0.39, 0.29) is 11.8 Å². The number of imidazole rings is 2. The highest BCUT2D eigenvalue weighted by molar-refractivity contribution is 5.90. The van der Waals surface area contributed by atoms with Crippen molar-refractivity contribution in [3.63, 3.8) is 0 Å². The predicted octanol–water partition coefficient (Wildman–Crippen LogP) is 1.92. The lowest BCUT2D eigenvalue weighted by Gasteiger charge is -2.31. The molecule has 6 nitrogen and oxygen atoms in total. The molecule has 0 radical (unpaired) electrons. The van der Waals surface area contributed by atoms with Crippen LogP contribution in [0.2, 0.25) is 0 Å². The van der Waals surface area contributed by atoms with Crippen LogP contribution < -0.4 is 0 Å². The maximum Gasteiger partial charge on any atom is 0.290 e. The number of nitrogens with zero attached hydrogens (tertiary/aromatic N) is 3. The van der Waals surface area contributed by atoms with Crippen LogP contribution in [0.3, 0.4) is 0 Å². The molecule has 1 atom stereocenters. The van der Waals surface area contributed by atoms with Crippen LogP contribution in [0.1, 0.15) is 33.5 Å². The molecule has 0 spiro atoms. The molecule has 3 heterocycles. The summed E-state index contributed by atoms with van der Waals surface area (Å²) >= 11 is 0. The van der Waals surface area contributed by atoms with Crippen LogP contribution >= 0.6 is 0 Å². The quantitative estimate of drug-likeness (QED) is 0.757. The summed E-state index contributed by atoms with van der Waals surface area (Å²) in [6, 6.07) is 10.2. The third-order valence-corrected chi connectivity index (χ3v) is 4.02. The molecule has 0 fully saturated rings. The lowest BCUT2D eigenvalue weighted by atomic mass is 9.91. The minimum absolute atomic E-state index is 0.0788. The number of amides is 1. The lowest BCUT2D eigenvalue weighted by Crippen LogP contribution is -2.39. The highest BCUT2D eigenvalue weighted by Gasteiger charge is 2.32. The molecular formula is C16H15N5O. The second-order valence-electron chi connectivity index (χ2n) is 5.35. The van der Waals surface area contributed by atoms with Crippen molar-refractivity contribution in [2.75, 3.05) is 6.54 Å². The van der Waals surface area contributed by atoms with E-state index in [9.17, 15) is 4.79 Å². The molecule has 0 saturated heterocycles. The Morgan fingerprint density at radius 3 is 2.82 bits per heavy atom. The molecule has 2 N–H and O–H groups in total. The smallest absolute Gasteiger partial charge is 0.290 e. The van der Waals surface area contributed by atoms with Gasteiger partial charge in [-0.25, -0.2) is 9.97 Å². The summed E-state index contributed by atoms with van der Waals surface area (Å²) in [5, 5.41) is 0. The van der Waals surface area contributed by atoms with Crippen LogP contribution in [0.4, 0.5) is 0 Å². The van der Waals surface area contributed by atoms with E-state index in [2.05, 4.69) is 32.1 Å². The molecule has 0 saturated carbocycles. The van der Waals surface area contributed by atoms with E-state index in [0.717, 1.165) is 17.0 Å². The van der Waals surface area contributed by atoms with Gasteiger partial charge in [-0.2, -0.15) is 0 Å². The van der Waals surface area contributed by atoms with Crippen molar-refractivity contribution in [3.8, 4) is 0 Å². The highest BCUT2D eigenvalue weighted by atomic mass is 16.2. The maximum atomic E-state index is 12.6. The number of hydrogen-bond acceptors (Lipinski definition) is 3. The van der Waals surface area contributed by atoms with Crippen LogP contribution in [0.25, 0.3) is 0 Å². The minimum Gasteiger partial charge on any atom is -0.347 e. The van der Waals surface area contributed by atoms with Crippen molar-refractivity contribution >= 4 is 5.91 Å². The van der Waals surface area contributed by atoms with Gasteiger partial charge in [0.05, 0.1) is 24.3 Å². The Morgan fingerprint density at radius 1 is 1.18 bits per heavy atom. The third-order valence-electron chi connectivity index (χ3n) is 4.02. The number of hydrogen-bond donors (Lipinski definition) is 2. The molecule has 1 amide bonds. The standard InChI is InChI=1S/C16H15N5O/c22-16(15-17-6-7-18-15)21-8-12(11-4-2-1-3-5-11)14-13(9-21)19-10-20-14/h1-7,10,12H,8-9H2,(H,17,18)(H,19,20). The summed E-state index contributed by atoms with van der Waals surface area (Å²) in [5.41, 5.74) is 3.17. The van der Waals surface area contributed by atoms with Crippen LogP contribution in [0.5, 0.6) is 0 Å². The van der Waals surface area contributed by atoms with Gasteiger partial charge in [0.25, 0.3) is 5.91 Å². The molecule has 1 aliphatic heterocycles. The number of aromatic amines is 2. The Kier molecular flexibility index (Phi) is 3.00. The van der Waals surface area contributed by atoms with Crippen molar-refractivity contribution in [2.45, 2.75) is 12.5 Å². The average Bonchev–Trinajstić information content (AvgIpc) is 3.25. The number of nitrogens with one attached hydrogen (secondary N) is 2. The number of carbonyl (C=O) groups excluding carboxylic acids is 1. The molecule has 4 rings (SSSR count). The van der Waals surface area contributed by atoms with Crippen molar-refractivity contribution in [1.29, 1.82) is 0 Å². The van der Waals surface area contributed by atoms with Crippen LogP contribution in [0.15, 0.2) is 49.1 Å². The molecular weight excluding hydrogens is 278 g/mol. The number of rotatable bonds is 2. The van der Waals surface area contributed by atoms with E-state index < -0.39 is 0 Å². The van der Waals surface area contributed by atoms with E-state index in [1.165, 1.54) is 0 Å². The van der Waals surface area contributed by atoms with Crippen molar-refractivity contribution < 1.29 is 4.79 Å². The van der Waals surface area contributed by atoms with Crippen LogP contribution in [-0.2, 0) is 6.54 Å². The van der Waals surface area contributed by atoms with E-state index in [1.54, 1.807) is 23.6 Å². The zero-order valence-corrected chi connectivity index (χ0v) is 11.9. The highest BCUT2D eigenvalue weighted by Crippen LogP contribution is 2.31. The zero-order valence-electron chi connectivity index (χ0n) is 11.9. The fourth-order valence-corrected chi connectivity index (χ4v) is 2.96. The Balaban J connectivity index is 1.70. The van der Waals surface area contributed by atoms with Gasteiger partial charge in [0.1, 0.15) is 0 Å². The van der Waals surface area contributed by atoms with Gasteiger partial charge in [-0.3, -0.25) is 4.79 Å². The summed E-state index contributed by atoms with van der Waals surface area (Å²) in [7, 11) is 0. The number of fused-ring (bicyclic) bond motifs is 1. The van der Waals surface area contributed by atoms with Gasteiger partial charge in [-0.05, 0) is 5.56 Å². The van der Waals surface area contributed by atoms with Gasteiger partial charge in [0, 0.05) is 24.9 Å². The molecule has 1 aromatic carbocycles. The fourth-order valence-electron chi connectivity index (χ4n) is 2.96. The molecule has 22 heavy (non-hydrogen) atoms. The second-order valence-corrected chi connectivity index (χ2v) is 5.35. The Morgan fingerprint density at radius 2 is 2.05 bits per heavy atom. The van der Waals surface area contributed by atoms with Crippen molar-refractivity contribution in [2.24, 2.45) is 0 Å². The molecule has 0 aliphatic carbocycles.